The van der Waals surface area contributed by atoms with Gasteiger partial charge in [-0.15, -0.1) is 0 Å². The van der Waals surface area contributed by atoms with Gasteiger partial charge in [-0.3, -0.25) is 5.32 Å². The van der Waals surface area contributed by atoms with Crippen molar-refractivity contribution < 1.29 is 49.4 Å². The summed E-state index contributed by atoms with van der Waals surface area (Å²) in [6.07, 6.45) is -9.22. The van der Waals surface area contributed by atoms with E-state index in [1.807, 2.05) is 0 Å². The summed E-state index contributed by atoms with van der Waals surface area (Å²) < 4.78 is 112. The Balaban J connectivity index is 1.62. The van der Waals surface area contributed by atoms with Crippen LogP contribution in [0, 0.1) is 0 Å². The van der Waals surface area contributed by atoms with Crippen LogP contribution in [0.4, 0.5) is 36.3 Å². The van der Waals surface area contributed by atoms with Crippen molar-refractivity contribution in [2.75, 3.05) is 11.9 Å². The molecule has 220 valence electrons. The van der Waals surface area contributed by atoms with Gasteiger partial charge in [-0.05, 0) is 32.0 Å². The van der Waals surface area contributed by atoms with Crippen LogP contribution in [-0.2, 0) is 22.4 Å². The highest BCUT2D eigenvalue weighted by atomic mass is 32.2. The second-order valence-corrected chi connectivity index (χ2v) is 11.9. The number of rotatable bonds is 7. The van der Waals surface area contributed by atoms with Crippen LogP contribution in [0.2, 0.25) is 0 Å². The van der Waals surface area contributed by atoms with E-state index >= 15 is 0 Å². The quantitative estimate of drug-likeness (QED) is 0.254. The average Bonchev–Trinajstić information content (AvgIpc) is 3.49. The number of carbonyl (C=O) groups excluding carboxylic acids is 1. The van der Waals surface area contributed by atoms with E-state index in [1.165, 1.54) is 13.8 Å². The maximum atomic E-state index is 13.8. The van der Waals surface area contributed by atoms with Gasteiger partial charge in [-0.1, -0.05) is 23.5 Å². The number of halogens is 6. The average molecular weight is 625 g/mol. The number of amides is 1. The molecule has 0 bridgehead atoms. The van der Waals surface area contributed by atoms with Crippen LogP contribution < -0.4 is 14.8 Å². The minimum Gasteiger partial charge on any atom is -0.404 e. The molecule has 1 aromatic carbocycles. The Morgan fingerprint density at radius 1 is 1.07 bits per heavy atom. The fourth-order valence-electron chi connectivity index (χ4n) is 3.29. The summed E-state index contributed by atoms with van der Waals surface area (Å²) >= 11 is 0.523. The fourth-order valence-corrected chi connectivity index (χ4v) is 5.72. The maximum Gasteiger partial charge on any atom is 0.433 e. The number of benzene rings is 1. The van der Waals surface area contributed by atoms with Crippen molar-refractivity contribution in [3.8, 4) is 17.0 Å². The predicted molar refractivity (Wildman–Crippen MR) is 132 cm³/mol. The van der Waals surface area contributed by atoms with Crippen molar-refractivity contribution in [1.29, 1.82) is 0 Å². The number of ether oxygens (including phenoxy) is 1. The lowest BCUT2D eigenvalue weighted by molar-refractivity contribution is -0.142. The molecule has 1 amide bonds. The summed E-state index contributed by atoms with van der Waals surface area (Å²) in [5.74, 6) is -0.544. The number of sulfonamides is 1. The Labute approximate surface area is 230 Å². The number of nitrogens with one attached hydrogen (secondary N) is 2. The third kappa shape index (κ3) is 6.75. The Morgan fingerprint density at radius 2 is 1.73 bits per heavy atom. The topological polar surface area (TPSA) is 148 Å². The number of nitrogens with zero attached hydrogens (tertiary/aromatic N) is 4. The van der Waals surface area contributed by atoms with Gasteiger partial charge in [0.15, 0.2) is 26.4 Å². The molecule has 0 saturated carbocycles. The van der Waals surface area contributed by atoms with E-state index in [0.717, 1.165) is 24.5 Å². The van der Waals surface area contributed by atoms with Crippen LogP contribution in [-0.4, -0.2) is 51.3 Å². The minimum atomic E-state index is -4.98. The summed E-state index contributed by atoms with van der Waals surface area (Å²) in [6.45, 7) is 2.35. The van der Waals surface area contributed by atoms with Gasteiger partial charge < -0.3 is 9.84 Å². The molecule has 3 N–H and O–H groups in total. The van der Waals surface area contributed by atoms with Gasteiger partial charge in [0.25, 0.3) is 10.0 Å². The smallest absolute Gasteiger partial charge is 0.404 e. The monoisotopic (exact) mass is 624 g/mol. The number of hydrogen-bond acceptors (Lipinski definition) is 9. The molecule has 11 nitrogen and oxygen atoms in total. The first kappa shape index (κ1) is 30.2. The van der Waals surface area contributed by atoms with Gasteiger partial charge in [-0.2, -0.15) is 31.4 Å². The molecule has 19 heteroatoms. The zero-order valence-corrected chi connectivity index (χ0v) is 22.3. The van der Waals surface area contributed by atoms with Gasteiger partial charge >= 0.3 is 18.4 Å². The molecule has 3 aromatic heterocycles. The van der Waals surface area contributed by atoms with Crippen molar-refractivity contribution >= 4 is 38.2 Å². The number of carbonyl (C=O) groups is 1. The van der Waals surface area contributed by atoms with Gasteiger partial charge in [0.2, 0.25) is 0 Å². The number of hydrogen-bond donors (Lipinski definition) is 3. The lowest BCUT2D eigenvalue weighted by Crippen LogP contribution is -2.45. The zero-order chi connectivity index (χ0) is 30.4. The van der Waals surface area contributed by atoms with E-state index in [-0.39, 0.29) is 20.6 Å². The molecule has 0 unspecified atom stereocenters. The molecular weight excluding hydrogens is 606 g/mol. The lowest BCUT2D eigenvalue weighted by Gasteiger charge is -2.22. The molecule has 0 aliphatic rings. The summed E-state index contributed by atoms with van der Waals surface area (Å²) in [5, 5.41) is 14.7. The number of fused-ring (bicyclic) bond motifs is 1. The summed E-state index contributed by atoms with van der Waals surface area (Å²) in [7, 11) is -4.12. The van der Waals surface area contributed by atoms with Crippen LogP contribution in [0.15, 0.2) is 46.9 Å². The van der Waals surface area contributed by atoms with Crippen molar-refractivity contribution in [2.24, 2.45) is 0 Å². The SMILES string of the molecule is CC(C)(CO)NS(=O)(=O)c1cnc(NC(=O)Oc2cnn3c(C(F)(F)F)cc(-c4ccc(C(F)(F)F)cc4)nc23)s1. The normalized spacial score (nSPS) is 13.0. The second kappa shape index (κ2) is 10.5. The molecule has 0 aliphatic heterocycles. The van der Waals surface area contributed by atoms with Crippen molar-refractivity contribution in [1.82, 2.24) is 24.3 Å². The minimum absolute atomic E-state index is 0.0860. The highest BCUT2D eigenvalue weighted by Crippen LogP contribution is 2.35. The van der Waals surface area contributed by atoms with E-state index in [9.17, 15) is 44.7 Å². The summed E-state index contributed by atoms with van der Waals surface area (Å²) in [4.78, 5) is 20.2. The van der Waals surface area contributed by atoms with E-state index in [0.29, 0.717) is 34.1 Å². The van der Waals surface area contributed by atoms with Crippen molar-refractivity contribution in [3.63, 3.8) is 0 Å². The summed E-state index contributed by atoms with van der Waals surface area (Å²) in [5.41, 5.74) is -4.60. The molecule has 0 spiro atoms. The molecule has 41 heavy (non-hydrogen) atoms. The molecule has 4 aromatic rings. The lowest BCUT2D eigenvalue weighted by atomic mass is 10.1. The molecule has 3 heterocycles. The third-order valence-corrected chi connectivity index (χ3v) is 8.28. The number of alkyl halides is 6. The first-order valence-electron chi connectivity index (χ1n) is 11.1. The van der Waals surface area contributed by atoms with Crippen LogP contribution in [0.5, 0.6) is 5.75 Å². The largest absolute Gasteiger partial charge is 0.433 e. The molecular formula is C22H18F6N6O5S2. The number of thiazole rings is 1. The van der Waals surface area contributed by atoms with E-state index in [2.05, 4.69) is 25.1 Å². The highest BCUT2D eigenvalue weighted by Gasteiger charge is 2.36. The first-order valence-corrected chi connectivity index (χ1v) is 13.4. The van der Waals surface area contributed by atoms with E-state index in [1.54, 1.807) is 0 Å². The van der Waals surface area contributed by atoms with Crippen LogP contribution in [0.3, 0.4) is 0 Å². The molecule has 0 radical (unpaired) electrons. The van der Waals surface area contributed by atoms with E-state index < -0.39 is 63.3 Å². The van der Waals surface area contributed by atoms with E-state index in [4.69, 9.17) is 4.74 Å². The molecule has 0 fully saturated rings. The number of aliphatic hydroxyl groups excluding tert-OH is 1. The van der Waals surface area contributed by atoms with Gasteiger partial charge in [0.05, 0.1) is 35.8 Å². The molecule has 0 atom stereocenters. The van der Waals surface area contributed by atoms with Gasteiger partial charge in [-0.25, -0.2) is 32.4 Å². The first-order chi connectivity index (χ1) is 18.9. The predicted octanol–water partition coefficient (Wildman–Crippen LogP) is 4.55. The number of aromatic nitrogens is 4. The third-order valence-electron chi connectivity index (χ3n) is 5.20. The Bertz CT molecular complexity index is 1700. The molecule has 0 saturated heterocycles. The van der Waals surface area contributed by atoms with Crippen molar-refractivity contribution in [3.05, 3.63) is 54.0 Å². The molecule has 0 aliphatic carbocycles. The van der Waals surface area contributed by atoms with Crippen LogP contribution >= 0.6 is 11.3 Å². The highest BCUT2D eigenvalue weighted by molar-refractivity contribution is 7.91. The Kier molecular flexibility index (Phi) is 7.76. The fraction of sp³-hybridized carbons (Fsp3) is 0.273. The zero-order valence-electron chi connectivity index (χ0n) is 20.7. The number of anilines is 1. The summed E-state index contributed by atoms with van der Waals surface area (Å²) in [6, 6.07) is 3.82. The Morgan fingerprint density at radius 3 is 2.32 bits per heavy atom. The second-order valence-electron chi connectivity index (χ2n) is 8.99. The van der Waals surface area contributed by atoms with Crippen molar-refractivity contribution in [2.45, 2.75) is 35.9 Å². The van der Waals surface area contributed by atoms with Gasteiger partial charge in [0.1, 0.15) is 0 Å². The van der Waals surface area contributed by atoms with Crippen LogP contribution in [0.25, 0.3) is 16.9 Å². The number of aliphatic hydroxyl groups is 1. The van der Waals surface area contributed by atoms with Crippen LogP contribution in [0.1, 0.15) is 25.1 Å². The molecule has 4 rings (SSSR count). The standard InChI is InChI=1S/C22H18F6N6O5S2/c1-20(2,10-35)33-41(37,38)16-9-29-18(40-16)32-19(36)39-14-8-30-34-15(22(26,27)28)7-13(31-17(14)34)11-3-5-12(6-4-11)21(23,24)25/h3-9,33,35H,10H2,1-2H3,(H,29,32,36). The Hall–Kier alpha value is -3.81. The van der Waals surface area contributed by atoms with Gasteiger partial charge in [0, 0.05) is 5.56 Å². The maximum absolute atomic E-state index is 13.8.